The Morgan fingerprint density at radius 2 is 2.00 bits per heavy atom. The summed E-state index contributed by atoms with van der Waals surface area (Å²) in [5.74, 6) is -3.99. The molecular formula is C9H18F4N2O. The van der Waals surface area contributed by atoms with Gasteiger partial charge in [0.05, 0.1) is 6.54 Å². The Labute approximate surface area is 92.3 Å². The van der Waals surface area contributed by atoms with E-state index in [4.69, 9.17) is 10.5 Å². The fraction of sp³-hybridized carbons (Fsp3) is 1.00. The molecule has 0 fully saturated rings. The highest BCUT2D eigenvalue weighted by Gasteiger charge is 2.39. The van der Waals surface area contributed by atoms with Crippen LogP contribution in [0.4, 0.5) is 17.6 Å². The van der Waals surface area contributed by atoms with Crippen LogP contribution in [-0.4, -0.2) is 45.2 Å². The predicted octanol–water partition coefficient (Wildman–Crippen LogP) is 1.23. The first-order chi connectivity index (χ1) is 7.40. The van der Waals surface area contributed by atoms with Crippen LogP contribution in [0.15, 0.2) is 0 Å². The van der Waals surface area contributed by atoms with Gasteiger partial charge in [-0.15, -0.1) is 0 Å². The van der Waals surface area contributed by atoms with Gasteiger partial charge in [-0.2, -0.15) is 8.78 Å². The summed E-state index contributed by atoms with van der Waals surface area (Å²) in [4.78, 5) is 0. The van der Waals surface area contributed by atoms with Gasteiger partial charge >= 0.3 is 12.3 Å². The molecule has 0 rings (SSSR count). The smallest absolute Gasteiger partial charge is 0.319 e. The van der Waals surface area contributed by atoms with Crippen LogP contribution in [0, 0.1) is 0 Å². The molecule has 1 atom stereocenters. The van der Waals surface area contributed by atoms with Gasteiger partial charge in [-0.25, -0.2) is 8.78 Å². The van der Waals surface area contributed by atoms with Crippen molar-refractivity contribution in [1.29, 1.82) is 0 Å². The van der Waals surface area contributed by atoms with Crippen molar-refractivity contribution in [2.24, 2.45) is 5.73 Å². The van der Waals surface area contributed by atoms with E-state index in [1.807, 2.05) is 0 Å². The van der Waals surface area contributed by atoms with Crippen molar-refractivity contribution in [2.75, 3.05) is 26.8 Å². The van der Waals surface area contributed by atoms with Crippen molar-refractivity contribution in [2.45, 2.75) is 31.2 Å². The second kappa shape index (κ2) is 7.81. The van der Waals surface area contributed by atoms with Gasteiger partial charge in [0.1, 0.15) is 0 Å². The average Bonchev–Trinajstić information content (AvgIpc) is 2.17. The molecule has 0 aromatic rings. The molecule has 0 aliphatic carbocycles. The molecule has 16 heavy (non-hydrogen) atoms. The third-order valence-corrected chi connectivity index (χ3v) is 2.01. The van der Waals surface area contributed by atoms with Crippen LogP contribution in [-0.2, 0) is 4.74 Å². The summed E-state index contributed by atoms with van der Waals surface area (Å²) in [5.41, 5.74) is 5.57. The van der Waals surface area contributed by atoms with Crippen LogP contribution in [0.3, 0.4) is 0 Å². The molecule has 1 unspecified atom stereocenters. The van der Waals surface area contributed by atoms with Crippen molar-refractivity contribution < 1.29 is 22.3 Å². The van der Waals surface area contributed by atoms with E-state index >= 15 is 0 Å². The Morgan fingerprint density at radius 3 is 2.50 bits per heavy atom. The first-order valence-electron chi connectivity index (χ1n) is 5.01. The molecule has 0 aliphatic heterocycles. The van der Waals surface area contributed by atoms with Gasteiger partial charge in [-0.1, -0.05) is 0 Å². The first-order valence-corrected chi connectivity index (χ1v) is 5.01. The Morgan fingerprint density at radius 1 is 1.38 bits per heavy atom. The summed E-state index contributed by atoms with van der Waals surface area (Å²) in [6, 6.07) is -0.330. The third kappa shape index (κ3) is 6.97. The molecule has 0 spiro atoms. The molecule has 0 saturated heterocycles. The maximum Gasteiger partial charge on any atom is 0.319 e. The lowest BCUT2D eigenvalue weighted by atomic mass is 10.2. The summed E-state index contributed by atoms with van der Waals surface area (Å²) in [6.45, 7) is -0.421. The number of alkyl halides is 4. The molecule has 0 aromatic heterocycles. The van der Waals surface area contributed by atoms with E-state index < -0.39 is 18.9 Å². The third-order valence-electron chi connectivity index (χ3n) is 2.01. The molecule has 0 aromatic carbocycles. The van der Waals surface area contributed by atoms with Gasteiger partial charge in [-0.3, -0.25) is 0 Å². The lowest BCUT2D eigenvalue weighted by Crippen LogP contribution is -2.43. The van der Waals surface area contributed by atoms with Crippen molar-refractivity contribution in [1.82, 2.24) is 5.32 Å². The van der Waals surface area contributed by atoms with Crippen molar-refractivity contribution >= 4 is 0 Å². The number of ether oxygens (including phenoxy) is 1. The van der Waals surface area contributed by atoms with E-state index in [-0.39, 0.29) is 12.6 Å². The molecule has 3 N–H and O–H groups in total. The molecule has 0 saturated carbocycles. The van der Waals surface area contributed by atoms with E-state index in [9.17, 15) is 17.6 Å². The molecule has 0 amide bonds. The topological polar surface area (TPSA) is 47.3 Å². The van der Waals surface area contributed by atoms with Crippen LogP contribution in [0.25, 0.3) is 0 Å². The summed E-state index contributed by atoms with van der Waals surface area (Å²) < 4.78 is 53.1. The number of hydrogen-bond donors (Lipinski definition) is 2. The van der Waals surface area contributed by atoms with E-state index in [1.54, 1.807) is 7.11 Å². The van der Waals surface area contributed by atoms with Crippen LogP contribution >= 0.6 is 0 Å². The fourth-order valence-corrected chi connectivity index (χ4v) is 1.09. The van der Waals surface area contributed by atoms with E-state index in [0.717, 1.165) is 0 Å². The minimum Gasteiger partial charge on any atom is -0.385 e. The number of hydrogen-bond acceptors (Lipinski definition) is 3. The molecule has 3 nitrogen and oxygen atoms in total. The number of halogens is 4. The Hall–Kier alpha value is -0.400. The van der Waals surface area contributed by atoms with Crippen LogP contribution in [0.2, 0.25) is 0 Å². The zero-order valence-corrected chi connectivity index (χ0v) is 9.19. The quantitative estimate of drug-likeness (QED) is 0.475. The number of nitrogens with one attached hydrogen (secondary N) is 1. The number of methoxy groups -OCH3 is 1. The highest BCUT2D eigenvalue weighted by molar-refractivity contribution is 4.74. The molecule has 0 aliphatic rings. The fourth-order valence-electron chi connectivity index (χ4n) is 1.09. The SMILES string of the molecule is COCCCC(N)CNCC(F)(F)C(F)F. The van der Waals surface area contributed by atoms with Gasteiger partial charge in [0.25, 0.3) is 0 Å². The largest absolute Gasteiger partial charge is 0.385 e. The molecular weight excluding hydrogens is 228 g/mol. The highest BCUT2D eigenvalue weighted by Crippen LogP contribution is 2.21. The zero-order valence-electron chi connectivity index (χ0n) is 9.19. The molecule has 0 bridgehead atoms. The summed E-state index contributed by atoms with van der Waals surface area (Å²) in [6.07, 6.45) is -2.34. The van der Waals surface area contributed by atoms with Crippen molar-refractivity contribution in [3.8, 4) is 0 Å². The lowest BCUT2D eigenvalue weighted by Gasteiger charge is -2.18. The second-order valence-corrected chi connectivity index (χ2v) is 3.59. The van der Waals surface area contributed by atoms with Gasteiger partial charge < -0.3 is 15.8 Å². The number of nitrogens with two attached hydrogens (primary N) is 1. The Kier molecular flexibility index (Phi) is 7.61. The predicted molar refractivity (Wildman–Crippen MR) is 52.9 cm³/mol. The lowest BCUT2D eigenvalue weighted by molar-refractivity contribution is -0.125. The molecule has 7 heteroatoms. The minimum atomic E-state index is -3.99. The van der Waals surface area contributed by atoms with Crippen molar-refractivity contribution in [3.05, 3.63) is 0 Å². The average molecular weight is 246 g/mol. The monoisotopic (exact) mass is 246 g/mol. The normalized spacial score (nSPS) is 14.4. The maximum atomic E-state index is 12.4. The molecule has 0 radical (unpaired) electrons. The number of rotatable bonds is 9. The maximum absolute atomic E-state index is 12.4. The van der Waals surface area contributed by atoms with Crippen LogP contribution in [0.1, 0.15) is 12.8 Å². The van der Waals surface area contributed by atoms with Crippen LogP contribution < -0.4 is 11.1 Å². The van der Waals surface area contributed by atoms with E-state index in [2.05, 4.69) is 5.32 Å². The van der Waals surface area contributed by atoms with Gasteiger partial charge in [0.2, 0.25) is 0 Å². The Bertz CT molecular complexity index is 181. The van der Waals surface area contributed by atoms with Gasteiger partial charge in [-0.05, 0) is 12.8 Å². The van der Waals surface area contributed by atoms with Gasteiger partial charge in [0.15, 0.2) is 0 Å². The van der Waals surface area contributed by atoms with E-state index in [1.165, 1.54) is 0 Å². The summed E-state index contributed by atoms with van der Waals surface area (Å²) >= 11 is 0. The standard InChI is InChI=1S/C9H18F4N2O/c1-16-4-2-3-7(14)5-15-6-9(12,13)8(10)11/h7-8,15H,2-6,14H2,1H3. The van der Waals surface area contributed by atoms with E-state index in [0.29, 0.717) is 19.4 Å². The zero-order chi connectivity index (χ0) is 12.6. The first kappa shape index (κ1) is 15.6. The minimum absolute atomic E-state index is 0.0893. The molecule has 0 heterocycles. The Balaban J connectivity index is 3.57. The second-order valence-electron chi connectivity index (χ2n) is 3.59. The molecule has 98 valence electrons. The van der Waals surface area contributed by atoms with Gasteiger partial charge in [0, 0.05) is 26.3 Å². The highest BCUT2D eigenvalue weighted by atomic mass is 19.3. The summed E-state index contributed by atoms with van der Waals surface area (Å²) in [5, 5.41) is 2.24. The van der Waals surface area contributed by atoms with Crippen LogP contribution in [0.5, 0.6) is 0 Å². The van der Waals surface area contributed by atoms with Crippen molar-refractivity contribution in [3.63, 3.8) is 0 Å². The summed E-state index contributed by atoms with van der Waals surface area (Å²) in [7, 11) is 1.55.